The molecule has 8 nitrogen and oxygen atoms in total. The van der Waals surface area contributed by atoms with Gasteiger partial charge in [-0.2, -0.15) is 0 Å². The van der Waals surface area contributed by atoms with Crippen LogP contribution in [0.15, 0.2) is 42.5 Å². The molecule has 0 spiro atoms. The molecule has 0 saturated heterocycles. The van der Waals surface area contributed by atoms with Gasteiger partial charge >= 0.3 is 0 Å². The number of rotatable bonds is 7. The number of carbonyl (C=O) groups is 1. The van der Waals surface area contributed by atoms with Crippen LogP contribution in [0.3, 0.4) is 0 Å². The zero-order valence-electron chi connectivity index (χ0n) is 16.7. The van der Waals surface area contributed by atoms with E-state index >= 15 is 0 Å². The fourth-order valence-corrected chi connectivity index (χ4v) is 5.02. The number of nitrogens with one attached hydrogen (secondary N) is 1. The van der Waals surface area contributed by atoms with Crippen LogP contribution in [0.2, 0.25) is 10.0 Å². The third kappa shape index (κ3) is 5.45. The van der Waals surface area contributed by atoms with Crippen LogP contribution < -0.4 is 14.4 Å². The SMILES string of the molecule is COc1ccc(Cl)cc1N(C(C)C(=O)Nc1nnc(-c2ccc(Cl)cc2)s1)S(C)(=O)=O. The highest BCUT2D eigenvalue weighted by molar-refractivity contribution is 7.92. The fourth-order valence-electron chi connectivity index (χ4n) is 2.81. The predicted molar refractivity (Wildman–Crippen MR) is 124 cm³/mol. The van der Waals surface area contributed by atoms with Crippen molar-refractivity contribution in [3.63, 3.8) is 0 Å². The third-order valence-corrected chi connectivity index (χ3v) is 6.82. The van der Waals surface area contributed by atoms with Crippen molar-refractivity contribution in [2.24, 2.45) is 0 Å². The maximum Gasteiger partial charge on any atom is 0.249 e. The highest BCUT2D eigenvalue weighted by atomic mass is 35.5. The highest BCUT2D eigenvalue weighted by Crippen LogP contribution is 2.34. The summed E-state index contributed by atoms with van der Waals surface area (Å²) in [6.45, 7) is 1.46. The minimum absolute atomic E-state index is 0.152. The first-order chi connectivity index (χ1) is 14.6. The van der Waals surface area contributed by atoms with Crippen LogP contribution in [-0.4, -0.2) is 43.9 Å². The van der Waals surface area contributed by atoms with Crippen molar-refractivity contribution in [2.75, 3.05) is 23.0 Å². The third-order valence-electron chi connectivity index (χ3n) is 4.21. The second-order valence-corrected chi connectivity index (χ2v) is 10.2. The van der Waals surface area contributed by atoms with Crippen LogP contribution in [-0.2, 0) is 14.8 Å². The first kappa shape index (κ1) is 23.3. The molecule has 1 aromatic heterocycles. The Bertz CT molecular complexity index is 1200. The van der Waals surface area contributed by atoms with Gasteiger partial charge < -0.3 is 4.74 Å². The number of anilines is 2. The average Bonchev–Trinajstić information content (AvgIpc) is 3.16. The number of sulfonamides is 1. The molecule has 31 heavy (non-hydrogen) atoms. The van der Waals surface area contributed by atoms with Crippen molar-refractivity contribution >= 4 is 61.3 Å². The number of aromatic nitrogens is 2. The van der Waals surface area contributed by atoms with Crippen molar-refractivity contribution in [1.29, 1.82) is 0 Å². The van der Waals surface area contributed by atoms with Crippen molar-refractivity contribution in [3.05, 3.63) is 52.5 Å². The van der Waals surface area contributed by atoms with Gasteiger partial charge in [0.05, 0.1) is 19.1 Å². The smallest absolute Gasteiger partial charge is 0.249 e. The largest absolute Gasteiger partial charge is 0.495 e. The Hall–Kier alpha value is -2.40. The molecule has 1 atom stereocenters. The number of hydrogen-bond acceptors (Lipinski definition) is 7. The molecule has 0 saturated carbocycles. The lowest BCUT2D eigenvalue weighted by Crippen LogP contribution is -2.45. The second kappa shape index (κ2) is 9.39. The Kier molecular flexibility index (Phi) is 7.05. The van der Waals surface area contributed by atoms with E-state index in [4.69, 9.17) is 27.9 Å². The van der Waals surface area contributed by atoms with E-state index < -0.39 is 22.0 Å². The Morgan fingerprint density at radius 3 is 2.39 bits per heavy atom. The van der Waals surface area contributed by atoms with Gasteiger partial charge in [0.2, 0.25) is 21.1 Å². The van der Waals surface area contributed by atoms with Crippen LogP contribution in [0.1, 0.15) is 6.92 Å². The number of hydrogen-bond donors (Lipinski definition) is 1. The molecule has 1 amide bonds. The van der Waals surface area contributed by atoms with Gasteiger partial charge in [-0.25, -0.2) is 8.42 Å². The van der Waals surface area contributed by atoms with E-state index in [1.165, 1.54) is 26.2 Å². The molecular weight excluding hydrogens is 483 g/mol. The summed E-state index contributed by atoms with van der Waals surface area (Å²) in [4.78, 5) is 12.9. The molecule has 0 bridgehead atoms. The Morgan fingerprint density at radius 1 is 1.13 bits per heavy atom. The van der Waals surface area contributed by atoms with Crippen LogP contribution in [0.25, 0.3) is 10.6 Å². The molecule has 0 aliphatic rings. The van der Waals surface area contributed by atoms with Gasteiger partial charge in [-0.05, 0) is 37.3 Å². The number of benzene rings is 2. The number of carbonyl (C=O) groups excluding carboxylic acids is 1. The lowest BCUT2D eigenvalue weighted by Gasteiger charge is -2.29. The lowest BCUT2D eigenvalue weighted by atomic mass is 10.2. The van der Waals surface area contributed by atoms with E-state index in [1.54, 1.807) is 30.3 Å². The van der Waals surface area contributed by atoms with Crippen molar-refractivity contribution in [1.82, 2.24) is 10.2 Å². The molecule has 1 heterocycles. The Morgan fingerprint density at radius 2 is 1.77 bits per heavy atom. The Labute approximate surface area is 193 Å². The first-order valence-corrected chi connectivity index (χ1v) is 12.3. The fraction of sp³-hybridized carbons (Fsp3) is 0.211. The van der Waals surface area contributed by atoms with Gasteiger partial charge in [0.25, 0.3) is 0 Å². The molecule has 164 valence electrons. The van der Waals surface area contributed by atoms with Gasteiger partial charge in [0, 0.05) is 15.6 Å². The van der Waals surface area contributed by atoms with E-state index in [0.717, 1.165) is 27.5 Å². The molecule has 0 fully saturated rings. The highest BCUT2D eigenvalue weighted by Gasteiger charge is 2.32. The minimum Gasteiger partial charge on any atom is -0.495 e. The molecule has 1 unspecified atom stereocenters. The molecule has 3 rings (SSSR count). The van der Waals surface area contributed by atoms with E-state index in [2.05, 4.69) is 15.5 Å². The quantitative estimate of drug-likeness (QED) is 0.518. The number of halogens is 2. The zero-order valence-corrected chi connectivity index (χ0v) is 19.8. The second-order valence-electron chi connectivity index (χ2n) is 6.46. The van der Waals surface area contributed by atoms with Crippen molar-refractivity contribution < 1.29 is 17.9 Å². The van der Waals surface area contributed by atoms with Gasteiger partial charge in [0.1, 0.15) is 16.8 Å². The first-order valence-electron chi connectivity index (χ1n) is 8.83. The molecule has 2 aromatic carbocycles. The minimum atomic E-state index is -3.86. The van der Waals surface area contributed by atoms with Gasteiger partial charge in [0.15, 0.2) is 0 Å². The Balaban J connectivity index is 1.86. The number of nitrogens with zero attached hydrogens (tertiary/aromatic N) is 3. The summed E-state index contributed by atoms with van der Waals surface area (Å²) >= 11 is 13.1. The van der Waals surface area contributed by atoms with E-state index in [1.807, 2.05) is 0 Å². The van der Waals surface area contributed by atoms with Crippen LogP contribution in [0.5, 0.6) is 5.75 Å². The summed E-state index contributed by atoms with van der Waals surface area (Å²) in [5, 5.41) is 12.3. The molecule has 0 radical (unpaired) electrons. The monoisotopic (exact) mass is 500 g/mol. The van der Waals surface area contributed by atoms with Gasteiger partial charge in [-0.15, -0.1) is 10.2 Å². The maximum absolute atomic E-state index is 12.9. The topological polar surface area (TPSA) is 101 Å². The maximum atomic E-state index is 12.9. The molecule has 12 heteroatoms. The predicted octanol–water partition coefficient (Wildman–Crippen LogP) is 4.31. The lowest BCUT2D eigenvalue weighted by molar-refractivity contribution is -0.116. The van der Waals surface area contributed by atoms with Gasteiger partial charge in [-0.1, -0.05) is 46.7 Å². The number of methoxy groups -OCH3 is 1. The van der Waals surface area contributed by atoms with E-state index in [0.29, 0.717) is 15.1 Å². The molecular formula is C19H18Cl2N4O4S2. The molecule has 0 aliphatic carbocycles. The van der Waals surface area contributed by atoms with E-state index in [-0.39, 0.29) is 16.6 Å². The zero-order chi connectivity index (χ0) is 22.8. The molecule has 0 aliphatic heterocycles. The van der Waals surface area contributed by atoms with Crippen molar-refractivity contribution in [3.8, 4) is 16.3 Å². The number of amides is 1. The van der Waals surface area contributed by atoms with Crippen LogP contribution in [0, 0.1) is 0 Å². The van der Waals surface area contributed by atoms with E-state index in [9.17, 15) is 13.2 Å². The standard InChI is InChI=1S/C19H18Cl2N4O4S2/c1-11(25(31(3,27)28)15-10-14(21)8-9-16(15)29-2)17(26)22-19-24-23-18(30-19)12-4-6-13(20)7-5-12/h4-11H,1-3H3,(H,22,24,26). The summed E-state index contributed by atoms with van der Waals surface area (Å²) in [7, 11) is -2.46. The summed E-state index contributed by atoms with van der Waals surface area (Å²) in [5.41, 5.74) is 0.941. The average molecular weight is 501 g/mol. The van der Waals surface area contributed by atoms with Crippen LogP contribution in [0.4, 0.5) is 10.8 Å². The summed E-state index contributed by atoms with van der Waals surface area (Å²) in [6, 6.07) is 10.4. The van der Waals surface area contributed by atoms with Crippen LogP contribution >= 0.6 is 34.5 Å². The molecule has 1 N–H and O–H groups in total. The summed E-state index contributed by atoms with van der Waals surface area (Å²) < 4.78 is 31.3. The normalized spacial score (nSPS) is 12.3. The van der Waals surface area contributed by atoms with Crippen molar-refractivity contribution in [2.45, 2.75) is 13.0 Å². The summed E-state index contributed by atoms with van der Waals surface area (Å²) in [6.07, 6.45) is 1.00. The molecule has 3 aromatic rings. The summed E-state index contributed by atoms with van der Waals surface area (Å²) in [5.74, 6) is -0.332. The van der Waals surface area contributed by atoms with Gasteiger partial charge in [-0.3, -0.25) is 14.4 Å². The number of ether oxygens (including phenoxy) is 1.